The zero-order chi connectivity index (χ0) is 15.7. The Kier molecular flexibility index (Phi) is 7.44. The van der Waals surface area contributed by atoms with Crippen molar-refractivity contribution < 1.29 is 11.0 Å². The molecule has 0 fully saturated rings. The standard InChI is InChI=1S/C10H14NO2.C8H10.H2/c1-7(2)5-9(6-12)11-10(13)8-3-4-8;1-2-8-6-4-3-5-7-8;/h3-4,6-7,9H,5H2,1-2H3,(H,11,13);3-7H,2H2,1H3;1H. The van der Waals surface area contributed by atoms with E-state index < -0.39 is 0 Å². The van der Waals surface area contributed by atoms with Gasteiger partial charge >= 0.3 is 0 Å². The molecule has 3 heteroatoms. The lowest BCUT2D eigenvalue weighted by atomic mass is 10.0. The van der Waals surface area contributed by atoms with E-state index in [0.29, 0.717) is 17.9 Å². The maximum absolute atomic E-state index is 11.2. The van der Waals surface area contributed by atoms with E-state index >= 15 is 0 Å². The largest absolute Gasteiger partial charge is 0.343 e. The molecule has 1 aromatic carbocycles. The second-order valence-electron chi connectivity index (χ2n) is 5.47. The van der Waals surface area contributed by atoms with E-state index in [4.69, 9.17) is 0 Å². The van der Waals surface area contributed by atoms with Gasteiger partial charge in [0.05, 0.1) is 6.04 Å². The first kappa shape index (κ1) is 17.2. The smallest absolute Gasteiger partial charge is 0.248 e. The number of aldehydes is 1. The lowest BCUT2D eigenvalue weighted by Gasteiger charge is -2.13. The molecule has 1 atom stereocenters. The molecule has 1 N–H and O–H groups in total. The van der Waals surface area contributed by atoms with Crippen LogP contribution in [-0.2, 0) is 16.0 Å². The summed E-state index contributed by atoms with van der Waals surface area (Å²) in [6.07, 6.45) is 6.09. The van der Waals surface area contributed by atoms with E-state index in [2.05, 4.69) is 36.5 Å². The average molecular weight is 288 g/mol. The molecule has 0 spiro atoms. The summed E-state index contributed by atoms with van der Waals surface area (Å²) in [6.45, 7) is 6.20. The summed E-state index contributed by atoms with van der Waals surface area (Å²) in [5.74, 6) is 0.269. The average Bonchev–Trinajstić information content (AvgIpc) is 3.32. The molecule has 0 aromatic heterocycles. The highest BCUT2D eigenvalue weighted by Crippen LogP contribution is 2.16. The van der Waals surface area contributed by atoms with Crippen molar-refractivity contribution in [3.05, 3.63) is 54.0 Å². The van der Waals surface area contributed by atoms with Gasteiger partial charge in [0.15, 0.2) is 0 Å². The minimum absolute atomic E-state index is 0. The number of carbonyl (C=O) groups is 2. The molecule has 1 amide bonds. The Bertz CT molecular complexity index is 483. The Hall–Kier alpha value is -1.90. The molecule has 1 aromatic rings. The number of rotatable bonds is 6. The number of hydrogen-bond donors (Lipinski definition) is 1. The van der Waals surface area contributed by atoms with Crippen LogP contribution in [0.25, 0.3) is 0 Å². The topological polar surface area (TPSA) is 46.2 Å². The highest BCUT2D eigenvalue weighted by atomic mass is 16.2. The minimum atomic E-state index is -0.345. The van der Waals surface area contributed by atoms with Crippen molar-refractivity contribution in [3.8, 4) is 0 Å². The SMILES string of the molecule is CC(C)CC(C=O)NC(=O)C1=C[CH]1.CCc1ccccc1.[HH]. The van der Waals surface area contributed by atoms with Crippen LogP contribution in [-0.4, -0.2) is 18.2 Å². The van der Waals surface area contributed by atoms with Crippen LogP contribution in [0.1, 0.15) is 34.2 Å². The highest BCUT2D eigenvalue weighted by molar-refractivity contribution is 6.02. The van der Waals surface area contributed by atoms with E-state index in [1.54, 1.807) is 12.5 Å². The zero-order valence-corrected chi connectivity index (χ0v) is 13.0. The van der Waals surface area contributed by atoms with Crippen LogP contribution in [0.4, 0.5) is 0 Å². The number of carbonyl (C=O) groups excluding carboxylic acids is 2. The summed E-state index contributed by atoms with van der Waals surface area (Å²) in [5.41, 5.74) is 2.09. The number of benzene rings is 1. The second-order valence-corrected chi connectivity index (χ2v) is 5.47. The first-order chi connectivity index (χ1) is 10.1. The van der Waals surface area contributed by atoms with Gasteiger partial charge in [-0.2, -0.15) is 0 Å². The maximum Gasteiger partial charge on any atom is 0.248 e. The second kappa shape index (κ2) is 9.11. The fourth-order valence-corrected chi connectivity index (χ4v) is 1.81. The molecule has 0 heterocycles. The molecule has 2 rings (SSSR count). The van der Waals surface area contributed by atoms with E-state index in [9.17, 15) is 9.59 Å². The first-order valence-corrected chi connectivity index (χ1v) is 7.42. The molecule has 0 bridgehead atoms. The lowest BCUT2D eigenvalue weighted by Crippen LogP contribution is -2.36. The number of nitrogens with one attached hydrogen (secondary N) is 1. The van der Waals surface area contributed by atoms with Crippen LogP contribution in [0.5, 0.6) is 0 Å². The van der Waals surface area contributed by atoms with Crippen LogP contribution in [0.2, 0.25) is 0 Å². The third kappa shape index (κ3) is 7.45. The molecule has 1 unspecified atom stereocenters. The van der Waals surface area contributed by atoms with Crippen LogP contribution >= 0.6 is 0 Å². The number of allylic oxidation sites excluding steroid dienone is 1. The van der Waals surface area contributed by atoms with Gasteiger partial charge in [-0.3, -0.25) is 4.79 Å². The van der Waals surface area contributed by atoms with Crippen LogP contribution in [0.3, 0.4) is 0 Å². The van der Waals surface area contributed by atoms with Crippen molar-refractivity contribution in [1.82, 2.24) is 5.32 Å². The third-order valence-corrected chi connectivity index (χ3v) is 3.05. The van der Waals surface area contributed by atoms with Crippen LogP contribution in [0.15, 0.2) is 42.0 Å². The van der Waals surface area contributed by atoms with E-state index in [1.807, 2.05) is 19.9 Å². The fraction of sp³-hybridized carbons (Fsp3) is 0.389. The summed E-state index contributed by atoms with van der Waals surface area (Å²) in [5, 5.41) is 2.65. The summed E-state index contributed by atoms with van der Waals surface area (Å²) in [4.78, 5) is 21.8. The molecular weight excluding hydrogens is 262 g/mol. The number of amides is 1. The van der Waals surface area contributed by atoms with Gasteiger partial charge in [-0.1, -0.05) is 57.2 Å². The molecule has 1 aliphatic rings. The van der Waals surface area contributed by atoms with Gasteiger partial charge in [0.2, 0.25) is 5.91 Å². The molecule has 0 saturated heterocycles. The molecule has 3 nitrogen and oxygen atoms in total. The fourth-order valence-electron chi connectivity index (χ4n) is 1.81. The Balaban J connectivity index is 0.000000423. The van der Waals surface area contributed by atoms with Gasteiger partial charge in [0.1, 0.15) is 6.29 Å². The Morgan fingerprint density at radius 2 is 1.90 bits per heavy atom. The Morgan fingerprint density at radius 1 is 1.29 bits per heavy atom. The highest BCUT2D eigenvalue weighted by Gasteiger charge is 2.20. The lowest BCUT2D eigenvalue weighted by molar-refractivity contribution is -0.120. The van der Waals surface area contributed by atoms with Gasteiger partial charge < -0.3 is 10.1 Å². The number of hydrogen-bond acceptors (Lipinski definition) is 2. The first-order valence-electron chi connectivity index (χ1n) is 7.42. The van der Waals surface area contributed by atoms with E-state index in [-0.39, 0.29) is 13.4 Å². The van der Waals surface area contributed by atoms with E-state index in [1.165, 1.54) is 5.56 Å². The Labute approximate surface area is 128 Å². The molecule has 21 heavy (non-hydrogen) atoms. The number of aryl methyl sites for hydroxylation is 1. The molecule has 0 saturated carbocycles. The van der Waals surface area contributed by atoms with Gasteiger partial charge in [0.25, 0.3) is 0 Å². The van der Waals surface area contributed by atoms with Crippen LogP contribution in [0, 0.1) is 12.3 Å². The van der Waals surface area contributed by atoms with Crippen molar-refractivity contribution in [2.24, 2.45) is 5.92 Å². The maximum atomic E-state index is 11.2. The molecule has 1 radical (unpaired) electrons. The summed E-state index contributed by atoms with van der Waals surface area (Å²) >= 11 is 0. The van der Waals surface area contributed by atoms with Gasteiger partial charge in [0, 0.05) is 13.4 Å². The predicted octanol–water partition coefficient (Wildman–Crippen LogP) is 3.36. The van der Waals surface area contributed by atoms with Crippen molar-refractivity contribution >= 4 is 12.2 Å². The summed E-state index contributed by atoms with van der Waals surface area (Å²) in [7, 11) is 0. The van der Waals surface area contributed by atoms with Crippen molar-refractivity contribution in [2.75, 3.05) is 0 Å². The van der Waals surface area contributed by atoms with E-state index in [0.717, 1.165) is 12.7 Å². The molecule has 115 valence electrons. The summed E-state index contributed by atoms with van der Waals surface area (Å²) < 4.78 is 0. The normalized spacial score (nSPS) is 13.6. The molecule has 0 aliphatic heterocycles. The van der Waals surface area contributed by atoms with Crippen molar-refractivity contribution in [1.29, 1.82) is 0 Å². The van der Waals surface area contributed by atoms with Crippen LogP contribution < -0.4 is 5.32 Å². The third-order valence-electron chi connectivity index (χ3n) is 3.05. The quantitative estimate of drug-likeness (QED) is 0.816. The molecule has 1 aliphatic carbocycles. The Morgan fingerprint density at radius 3 is 2.29 bits per heavy atom. The predicted molar refractivity (Wildman–Crippen MR) is 87.8 cm³/mol. The van der Waals surface area contributed by atoms with Crippen molar-refractivity contribution in [2.45, 2.75) is 39.7 Å². The van der Waals surface area contributed by atoms with Crippen molar-refractivity contribution in [3.63, 3.8) is 0 Å². The monoisotopic (exact) mass is 288 g/mol. The van der Waals surface area contributed by atoms with Gasteiger partial charge in [-0.05, 0) is 24.3 Å². The minimum Gasteiger partial charge on any atom is -0.343 e. The van der Waals surface area contributed by atoms with Gasteiger partial charge in [-0.15, -0.1) is 0 Å². The summed E-state index contributed by atoms with van der Waals surface area (Å²) in [6, 6.07) is 10.1. The zero-order valence-electron chi connectivity index (χ0n) is 13.0. The van der Waals surface area contributed by atoms with Gasteiger partial charge in [-0.25, -0.2) is 0 Å². The molecular formula is C18H26NO2.